The fourth-order valence-corrected chi connectivity index (χ4v) is 2.17. The molecule has 0 aromatic heterocycles. The molecule has 1 unspecified atom stereocenters. The van der Waals surface area contributed by atoms with Crippen LogP contribution in [0.4, 0.5) is 4.39 Å². The zero-order valence-corrected chi connectivity index (χ0v) is 8.78. The van der Waals surface area contributed by atoms with Gasteiger partial charge >= 0.3 is 5.97 Å². The predicted octanol–water partition coefficient (Wildman–Crippen LogP) is 1.96. The first kappa shape index (κ1) is 11.1. The van der Waals surface area contributed by atoms with E-state index in [9.17, 15) is 9.18 Å². The van der Waals surface area contributed by atoms with Crippen molar-refractivity contribution < 1.29 is 19.0 Å². The van der Waals surface area contributed by atoms with Gasteiger partial charge in [-0.15, -0.1) is 0 Å². The van der Waals surface area contributed by atoms with Crippen molar-refractivity contribution in [1.29, 1.82) is 0 Å². The van der Waals surface area contributed by atoms with Crippen molar-refractivity contribution in [2.45, 2.75) is 18.3 Å². The smallest absolute Gasteiger partial charge is 0.304 e. The van der Waals surface area contributed by atoms with E-state index in [-0.39, 0.29) is 12.2 Å². The summed E-state index contributed by atoms with van der Waals surface area (Å²) in [6, 6.07) is 6.01. The van der Waals surface area contributed by atoms with Crippen LogP contribution in [0.25, 0.3) is 0 Å². The second-order valence-electron chi connectivity index (χ2n) is 4.16. The van der Waals surface area contributed by atoms with Gasteiger partial charge in [0, 0.05) is 12.0 Å². The van der Waals surface area contributed by atoms with Crippen molar-refractivity contribution >= 4 is 5.97 Å². The fraction of sp³-hybridized carbons (Fsp3) is 0.417. The van der Waals surface area contributed by atoms with Gasteiger partial charge < -0.3 is 9.84 Å². The molecule has 0 radical (unpaired) electrons. The van der Waals surface area contributed by atoms with E-state index in [1.54, 1.807) is 12.1 Å². The lowest BCUT2D eigenvalue weighted by Gasteiger charge is -2.25. The number of halogens is 1. The van der Waals surface area contributed by atoms with Crippen molar-refractivity contribution in [3.63, 3.8) is 0 Å². The van der Waals surface area contributed by atoms with E-state index in [0.29, 0.717) is 19.6 Å². The highest BCUT2D eigenvalue weighted by molar-refractivity contribution is 5.69. The molecule has 4 heteroatoms. The van der Waals surface area contributed by atoms with E-state index in [4.69, 9.17) is 9.84 Å². The molecule has 3 nitrogen and oxygen atoms in total. The van der Waals surface area contributed by atoms with Crippen molar-refractivity contribution in [3.05, 3.63) is 35.6 Å². The molecule has 86 valence electrons. The molecule has 1 aromatic rings. The van der Waals surface area contributed by atoms with Crippen molar-refractivity contribution in [2.75, 3.05) is 13.2 Å². The third-order valence-corrected chi connectivity index (χ3v) is 3.05. The average Bonchev–Trinajstić information content (AvgIpc) is 2.67. The van der Waals surface area contributed by atoms with Gasteiger partial charge in [-0.05, 0) is 24.1 Å². The standard InChI is InChI=1S/C12H13FO3/c13-10-3-1-9(2-4-10)12(7-11(14)15)5-6-16-8-12/h1-4H,5-8H2,(H,14,15). The van der Waals surface area contributed by atoms with E-state index in [1.165, 1.54) is 12.1 Å². The Hall–Kier alpha value is -1.42. The Labute approximate surface area is 92.9 Å². The summed E-state index contributed by atoms with van der Waals surface area (Å²) in [7, 11) is 0. The maximum Gasteiger partial charge on any atom is 0.304 e. The lowest BCUT2D eigenvalue weighted by atomic mass is 9.77. The van der Waals surface area contributed by atoms with Gasteiger partial charge in [0.15, 0.2) is 0 Å². The van der Waals surface area contributed by atoms with Crippen LogP contribution in [-0.4, -0.2) is 24.3 Å². The van der Waals surface area contributed by atoms with Gasteiger partial charge in [-0.2, -0.15) is 0 Å². The third kappa shape index (κ3) is 2.07. The van der Waals surface area contributed by atoms with Crippen LogP contribution < -0.4 is 0 Å². The summed E-state index contributed by atoms with van der Waals surface area (Å²) in [6.07, 6.45) is 0.698. The van der Waals surface area contributed by atoms with Gasteiger partial charge in [0.2, 0.25) is 0 Å². The minimum atomic E-state index is -0.852. The number of hydrogen-bond donors (Lipinski definition) is 1. The Morgan fingerprint density at radius 1 is 1.44 bits per heavy atom. The Morgan fingerprint density at radius 3 is 2.62 bits per heavy atom. The molecule has 1 fully saturated rings. The number of rotatable bonds is 3. The SMILES string of the molecule is O=C(O)CC1(c2ccc(F)cc2)CCOC1. The summed E-state index contributed by atoms with van der Waals surface area (Å²) in [6.45, 7) is 0.954. The highest BCUT2D eigenvalue weighted by atomic mass is 19.1. The minimum absolute atomic E-state index is 0.0264. The maximum absolute atomic E-state index is 12.8. The van der Waals surface area contributed by atoms with Crippen molar-refractivity contribution in [2.24, 2.45) is 0 Å². The monoisotopic (exact) mass is 224 g/mol. The Balaban J connectivity index is 2.31. The second-order valence-corrected chi connectivity index (χ2v) is 4.16. The first-order chi connectivity index (χ1) is 7.62. The molecule has 1 saturated heterocycles. The van der Waals surface area contributed by atoms with Gasteiger partial charge in [0.05, 0.1) is 13.0 Å². The zero-order valence-electron chi connectivity index (χ0n) is 8.78. The van der Waals surface area contributed by atoms with Crippen LogP contribution in [0, 0.1) is 5.82 Å². The molecule has 0 aliphatic carbocycles. The molecule has 0 spiro atoms. The van der Waals surface area contributed by atoms with Crippen LogP contribution in [0.15, 0.2) is 24.3 Å². The molecule has 2 rings (SSSR count). The number of aliphatic carboxylic acids is 1. The van der Waals surface area contributed by atoms with Gasteiger partial charge in [0.1, 0.15) is 5.82 Å². The third-order valence-electron chi connectivity index (χ3n) is 3.05. The summed E-state index contributed by atoms with van der Waals surface area (Å²) in [4.78, 5) is 10.9. The molecular formula is C12H13FO3. The highest BCUT2D eigenvalue weighted by Crippen LogP contribution is 2.36. The Morgan fingerprint density at radius 2 is 2.12 bits per heavy atom. The number of benzene rings is 1. The first-order valence-electron chi connectivity index (χ1n) is 5.18. The zero-order chi connectivity index (χ0) is 11.6. The molecule has 1 aliphatic rings. The van der Waals surface area contributed by atoms with Gasteiger partial charge in [0.25, 0.3) is 0 Å². The van der Waals surface area contributed by atoms with E-state index in [2.05, 4.69) is 0 Å². The highest BCUT2D eigenvalue weighted by Gasteiger charge is 2.38. The molecule has 0 bridgehead atoms. The average molecular weight is 224 g/mol. The molecular weight excluding hydrogens is 211 g/mol. The number of carbonyl (C=O) groups is 1. The normalized spacial score (nSPS) is 24.6. The van der Waals surface area contributed by atoms with Gasteiger partial charge in [-0.25, -0.2) is 4.39 Å². The predicted molar refractivity (Wildman–Crippen MR) is 55.8 cm³/mol. The molecule has 16 heavy (non-hydrogen) atoms. The quantitative estimate of drug-likeness (QED) is 0.853. The van der Waals surface area contributed by atoms with Crippen molar-refractivity contribution in [1.82, 2.24) is 0 Å². The van der Waals surface area contributed by atoms with Crippen LogP contribution in [0.2, 0.25) is 0 Å². The summed E-state index contributed by atoms with van der Waals surface area (Å²) in [5.41, 5.74) is 0.355. The van der Waals surface area contributed by atoms with Gasteiger partial charge in [-0.1, -0.05) is 12.1 Å². The summed E-state index contributed by atoms with van der Waals surface area (Å²) in [5, 5.41) is 8.93. The Bertz CT molecular complexity index is 380. The maximum atomic E-state index is 12.8. The Kier molecular flexibility index (Phi) is 2.92. The molecule has 1 atom stereocenters. The van der Waals surface area contributed by atoms with E-state index in [1.807, 2.05) is 0 Å². The summed E-state index contributed by atoms with van der Waals surface area (Å²) >= 11 is 0. The number of carboxylic acid groups (broad SMARTS) is 1. The van der Waals surface area contributed by atoms with E-state index < -0.39 is 11.4 Å². The van der Waals surface area contributed by atoms with Crippen molar-refractivity contribution in [3.8, 4) is 0 Å². The molecule has 0 amide bonds. The first-order valence-corrected chi connectivity index (χ1v) is 5.18. The lowest BCUT2D eigenvalue weighted by Crippen LogP contribution is -2.29. The van der Waals surface area contributed by atoms with Crippen LogP contribution in [0.5, 0.6) is 0 Å². The molecule has 1 heterocycles. The lowest BCUT2D eigenvalue weighted by molar-refractivity contribution is -0.138. The van der Waals surface area contributed by atoms with Crippen LogP contribution in [0.3, 0.4) is 0 Å². The van der Waals surface area contributed by atoms with Crippen LogP contribution in [0.1, 0.15) is 18.4 Å². The molecule has 1 aromatic carbocycles. The number of ether oxygens (including phenoxy) is 1. The topological polar surface area (TPSA) is 46.5 Å². The summed E-state index contributed by atoms with van der Waals surface area (Å²) in [5.74, 6) is -1.16. The van der Waals surface area contributed by atoms with Gasteiger partial charge in [-0.3, -0.25) is 4.79 Å². The van der Waals surface area contributed by atoms with Crippen LogP contribution in [-0.2, 0) is 14.9 Å². The molecule has 1 aliphatic heterocycles. The largest absolute Gasteiger partial charge is 0.481 e. The van der Waals surface area contributed by atoms with E-state index >= 15 is 0 Å². The molecule has 1 N–H and O–H groups in total. The summed E-state index contributed by atoms with van der Waals surface area (Å²) < 4.78 is 18.1. The van der Waals surface area contributed by atoms with E-state index in [0.717, 1.165) is 5.56 Å². The number of carboxylic acids is 1. The molecule has 0 saturated carbocycles. The second kappa shape index (κ2) is 4.22. The fourth-order valence-electron chi connectivity index (χ4n) is 2.17. The van der Waals surface area contributed by atoms with Crippen LogP contribution >= 0.6 is 0 Å². The number of hydrogen-bond acceptors (Lipinski definition) is 2. The minimum Gasteiger partial charge on any atom is -0.481 e.